The van der Waals surface area contributed by atoms with Gasteiger partial charge >= 0.3 is 0 Å². The average molecular weight is 223 g/mol. The van der Waals surface area contributed by atoms with Crippen molar-refractivity contribution in [2.45, 2.75) is 38.1 Å². The van der Waals surface area contributed by atoms with E-state index in [1.807, 2.05) is 26.1 Å². The van der Waals surface area contributed by atoms with Crippen LogP contribution in [0.1, 0.15) is 40.2 Å². The number of carbonyl (C=O) groups excluding carboxylic acids is 1. The molecule has 0 unspecified atom stereocenters. The Kier molecular flexibility index (Phi) is 2.94. The minimum Gasteiger partial charge on any atom is -0.308 e. The lowest BCUT2D eigenvalue weighted by molar-refractivity contribution is 0.0867. The Bertz CT molecular complexity index is 363. The number of nitrogens with one attached hydrogen (secondary N) is 1. The van der Waals surface area contributed by atoms with E-state index in [9.17, 15) is 4.79 Å². The maximum atomic E-state index is 12.4. The largest absolute Gasteiger partial charge is 0.308 e. The lowest BCUT2D eigenvalue weighted by atomic mass is 9.91. The highest BCUT2D eigenvalue weighted by atomic mass is 32.1. The van der Waals surface area contributed by atoms with E-state index in [4.69, 9.17) is 0 Å². The third-order valence-corrected chi connectivity index (χ3v) is 4.33. The maximum absolute atomic E-state index is 12.4. The van der Waals surface area contributed by atoms with E-state index in [1.54, 1.807) is 11.3 Å². The molecule has 1 aromatic heterocycles. The molecule has 15 heavy (non-hydrogen) atoms. The van der Waals surface area contributed by atoms with Crippen LogP contribution in [0, 0.1) is 6.92 Å². The van der Waals surface area contributed by atoms with Crippen LogP contribution in [-0.4, -0.2) is 18.4 Å². The molecule has 0 atom stereocenters. The van der Waals surface area contributed by atoms with Gasteiger partial charge < -0.3 is 5.32 Å². The van der Waals surface area contributed by atoms with Gasteiger partial charge in [0.05, 0.1) is 10.4 Å². The second-order valence-electron chi connectivity index (χ2n) is 4.28. The summed E-state index contributed by atoms with van der Waals surface area (Å²) in [4.78, 5) is 14.5. The Labute approximate surface area is 94.7 Å². The number of carbonyl (C=O) groups is 1. The van der Waals surface area contributed by atoms with Gasteiger partial charge in [0.2, 0.25) is 0 Å². The van der Waals surface area contributed by atoms with Crippen molar-refractivity contribution in [3.63, 3.8) is 0 Å². The molecule has 82 valence electrons. The van der Waals surface area contributed by atoms with E-state index in [2.05, 4.69) is 5.32 Å². The monoisotopic (exact) mass is 223 g/mol. The van der Waals surface area contributed by atoms with Crippen LogP contribution in [0.2, 0.25) is 0 Å². The molecule has 1 fully saturated rings. The van der Waals surface area contributed by atoms with Crippen LogP contribution in [0.25, 0.3) is 0 Å². The number of Topliss-reactive ketones (excluding diaryl/α,β-unsaturated/α-hetero) is 1. The Morgan fingerprint density at radius 3 is 2.53 bits per heavy atom. The summed E-state index contributed by atoms with van der Waals surface area (Å²) in [6, 6.07) is 3.98. The van der Waals surface area contributed by atoms with Crippen molar-refractivity contribution in [2.24, 2.45) is 0 Å². The predicted octanol–water partition coefficient (Wildman–Crippen LogP) is 2.77. The SMILES string of the molecule is CNC1(C(=O)c2ccc(C)s2)CCCC1. The van der Waals surface area contributed by atoms with Crippen LogP contribution >= 0.6 is 11.3 Å². The molecule has 2 nitrogen and oxygen atoms in total. The van der Waals surface area contributed by atoms with Gasteiger partial charge in [0, 0.05) is 4.88 Å². The molecule has 2 rings (SSSR count). The fourth-order valence-electron chi connectivity index (χ4n) is 2.36. The van der Waals surface area contributed by atoms with Crippen molar-refractivity contribution in [2.75, 3.05) is 7.05 Å². The number of hydrogen-bond donors (Lipinski definition) is 1. The number of aryl methyl sites for hydroxylation is 1. The van der Waals surface area contributed by atoms with E-state index in [0.29, 0.717) is 5.78 Å². The van der Waals surface area contributed by atoms with E-state index in [-0.39, 0.29) is 5.54 Å². The zero-order chi connectivity index (χ0) is 10.9. The topological polar surface area (TPSA) is 29.1 Å². The standard InChI is InChI=1S/C12H17NOS/c1-9-5-6-10(15-9)11(14)12(13-2)7-3-4-8-12/h5-6,13H,3-4,7-8H2,1-2H3. The fraction of sp³-hybridized carbons (Fsp3) is 0.583. The summed E-state index contributed by atoms with van der Waals surface area (Å²) in [5.74, 6) is 0.292. The molecule has 0 radical (unpaired) electrons. The Morgan fingerprint density at radius 1 is 1.40 bits per heavy atom. The van der Waals surface area contributed by atoms with Crippen LogP contribution in [0.15, 0.2) is 12.1 Å². The third-order valence-electron chi connectivity index (χ3n) is 3.33. The maximum Gasteiger partial charge on any atom is 0.192 e. The van der Waals surface area contributed by atoms with Gasteiger partial charge in [-0.1, -0.05) is 12.8 Å². The van der Waals surface area contributed by atoms with E-state index >= 15 is 0 Å². The van der Waals surface area contributed by atoms with E-state index in [1.165, 1.54) is 4.88 Å². The van der Waals surface area contributed by atoms with Crippen LogP contribution in [0.5, 0.6) is 0 Å². The van der Waals surface area contributed by atoms with Crippen molar-refractivity contribution in [1.82, 2.24) is 5.32 Å². The van der Waals surface area contributed by atoms with Crippen molar-refractivity contribution in [1.29, 1.82) is 0 Å². The molecule has 0 amide bonds. The molecule has 1 N–H and O–H groups in total. The lowest BCUT2D eigenvalue weighted by Crippen LogP contribution is -2.47. The predicted molar refractivity (Wildman–Crippen MR) is 63.6 cm³/mol. The molecule has 0 spiro atoms. The first-order valence-electron chi connectivity index (χ1n) is 5.48. The smallest absolute Gasteiger partial charge is 0.192 e. The van der Waals surface area contributed by atoms with E-state index in [0.717, 1.165) is 30.6 Å². The van der Waals surface area contributed by atoms with Crippen LogP contribution < -0.4 is 5.32 Å². The highest BCUT2D eigenvalue weighted by molar-refractivity contribution is 7.14. The zero-order valence-corrected chi connectivity index (χ0v) is 10.1. The fourth-order valence-corrected chi connectivity index (χ4v) is 3.27. The summed E-state index contributed by atoms with van der Waals surface area (Å²) in [5, 5.41) is 3.24. The van der Waals surface area contributed by atoms with Crippen LogP contribution in [-0.2, 0) is 0 Å². The molecule has 1 aromatic rings. The Hall–Kier alpha value is -0.670. The molecule has 1 saturated carbocycles. The number of thiophene rings is 1. The van der Waals surface area contributed by atoms with Crippen molar-refractivity contribution in [3.8, 4) is 0 Å². The summed E-state index contributed by atoms with van der Waals surface area (Å²) in [7, 11) is 1.91. The molecular formula is C12H17NOS. The third kappa shape index (κ3) is 1.86. The molecule has 0 bridgehead atoms. The van der Waals surface area contributed by atoms with Crippen LogP contribution in [0.3, 0.4) is 0 Å². The second kappa shape index (κ2) is 4.06. The highest BCUT2D eigenvalue weighted by Crippen LogP contribution is 2.34. The van der Waals surface area contributed by atoms with Gasteiger partial charge in [-0.15, -0.1) is 11.3 Å². The minimum absolute atomic E-state index is 0.267. The van der Waals surface area contributed by atoms with Gasteiger partial charge in [0.25, 0.3) is 0 Å². The summed E-state index contributed by atoms with van der Waals surface area (Å²) in [5.41, 5.74) is -0.267. The molecular weight excluding hydrogens is 206 g/mol. The molecule has 3 heteroatoms. The van der Waals surface area contributed by atoms with Crippen molar-refractivity contribution in [3.05, 3.63) is 21.9 Å². The molecule has 0 aromatic carbocycles. The Morgan fingerprint density at radius 2 is 2.07 bits per heavy atom. The first-order valence-corrected chi connectivity index (χ1v) is 6.30. The lowest BCUT2D eigenvalue weighted by Gasteiger charge is -2.26. The quantitative estimate of drug-likeness (QED) is 0.798. The number of hydrogen-bond acceptors (Lipinski definition) is 3. The minimum atomic E-state index is -0.267. The number of rotatable bonds is 3. The second-order valence-corrected chi connectivity index (χ2v) is 5.57. The number of likely N-dealkylation sites (N-methyl/N-ethyl adjacent to an activating group) is 1. The summed E-state index contributed by atoms with van der Waals surface area (Å²) < 4.78 is 0. The normalized spacial score (nSPS) is 19.3. The molecule has 1 aliphatic rings. The van der Waals surface area contributed by atoms with Gasteiger partial charge in [0.1, 0.15) is 0 Å². The number of ketones is 1. The first kappa shape index (κ1) is 10.8. The van der Waals surface area contributed by atoms with Crippen LogP contribution in [0.4, 0.5) is 0 Å². The van der Waals surface area contributed by atoms with Crippen molar-refractivity contribution >= 4 is 17.1 Å². The summed E-state index contributed by atoms with van der Waals surface area (Å²) >= 11 is 1.61. The first-order chi connectivity index (χ1) is 7.18. The van der Waals surface area contributed by atoms with E-state index < -0.39 is 0 Å². The summed E-state index contributed by atoms with van der Waals surface area (Å²) in [6.45, 7) is 2.04. The van der Waals surface area contributed by atoms with Gasteiger partial charge in [0.15, 0.2) is 5.78 Å². The summed E-state index contributed by atoms with van der Waals surface area (Å²) in [6.07, 6.45) is 4.30. The van der Waals surface area contributed by atoms with Gasteiger partial charge in [-0.25, -0.2) is 0 Å². The molecule has 0 aliphatic heterocycles. The molecule has 1 heterocycles. The Balaban J connectivity index is 2.26. The van der Waals surface area contributed by atoms with Gasteiger partial charge in [-0.05, 0) is 38.9 Å². The van der Waals surface area contributed by atoms with Crippen molar-refractivity contribution < 1.29 is 4.79 Å². The highest BCUT2D eigenvalue weighted by Gasteiger charge is 2.40. The average Bonchev–Trinajstić information content (AvgIpc) is 2.86. The van der Waals surface area contributed by atoms with Gasteiger partial charge in [-0.3, -0.25) is 4.79 Å². The molecule has 1 aliphatic carbocycles. The molecule has 0 saturated heterocycles. The van der Waals surface area contributed by atoms with Gasteiger partial charge in [-0.2, -0.15) is 0 Å². The zero-order valence-electron chi connectivity index (χ0n) is 9.30.